The van der Waals surface area contributed by atoms with Crippen molar-refractivity contribution in [3.05, 3.63) is 35.1 Å². The number of likely N-dealkylation sites (N-methyl/N-ethyl adjacent to an activating group) is 1. The molecule has 12 heteroatoms. The quantitative estimate of drug-likeness (QED) is 0.345. The molecule has 0 radical (unpaired) electrons. The van der Waals surface area contributed by atoms with Crippen molar-refractivity contribution in [1.29, 1.82) is 0 Å². The number of rotatable bonds is 6. The normalized spacial score (nSPS) is 30.5. The van der Waals surface area contributed by atoms with Gasteiger partial charge in [-0.3, -0.25) is 9.59 Å². The Morgan fingerprint density at radius 1 is 1.13 bits per heavy atom. The molecule has 0 amide bonds. The van der Waals surface area contributed by atoms with Crippen molar-refractivity contribution in [1.82, 2.24) is 4.90 Å². The molecule has 5 rings (SSSR count). The Morgan fingerprint density at radius 3 is 2.47 bits per heavy atom. The summed E-state index contributed by atoms with van der Waals surface area (Å²) in [6.45, 7) is 2.63. The van der Waals surface area contributed by atoms with Gasteiger partial charge in [0.2, 0.25) is 12.2 Å². The highest BCUT2D eigenvalue weighted by Gasteiger charge is 2.71. The number of aromatic hydroxyl groups is 1. The monoisotopic (exact) mass is 531 g/mol. The first kappa shape index (κ1) is 26.0. The maximum atomic E-state index is 13.3. The largest absolute Gasteiger partial charge is 0.504 e. The molecular weight excluding hydrogens is 502 g/mol. The Morgan fingerprint density at radius 2 is 1.82 bits per heavy atom. The Bertz CT molecular complexity index is 1260. The van der Waals surface area contributed by atoms with Crippen LogP contribution >= 0.6 is 0 Å². The van der Waals surface area contributed by atoms with Gasteiger partial charge in [0.15, 0.2) is 17.6 Å². The summed E-state index contributed by atoms with van der Waals surface area (Å²) in [6, 6.07) is 3.06. The molecule has 1 spiro atoms. The van der Waals surface area contributed by atoms with Crippen LogP contribution in [0.3, 0.4) is 0 Å². The number of aliphatic hydroxyl groups is 1. The third-order valence-electron chi connectivity index (χ3n) is 8.13. The van der Waals surface area contributed by atoms with Gasteiger partial charge >= 0.3 is 23.9 Å². The Labute approximate surface area is 217 Å². The zero-order valence-electron chi connectivity index (χ0n) is 21.1. The number of carboxylic acid groups (broad SMARTS) is 1. The lowest BCUT2D eigenvalue weighted by atomic mass is 9.52. The second kappa shape index (κ2) is 8.98. The summed E-state index contributed by atoms with van der Waals surface area (Å²) >= 11 is 0. The summed E-state index contributed by atoms with van der Waals surface area (Å²) < 4.78 is 21.5. The van der Waals surface area contributed by atoms with E-state index in [0.29, 0.717) is 31.4 Å². The van der Waals surface area contributed by atoms with Gasteiger partial charge in [-0.2, -0.15) is 0 Å². The predicted molar refractivity (Wildman–Crippen MR) is 126 cm³/mol. The van der Waals surface area contributed by atoms with Crippen LogP contribution in [0.5, 0.6) is 11.5 Å². The minimum absolute atomic E-state index is 0.0180. The van der Waals surface area contributed by atoms with Crippen LogP contribution in [-0.2, 0) is 45.2 Å². The summed E-state index contributed by atoms with van der Waals surface area (Å²) in [4.78, 5) is 50.4. The highest BCUT2D eigenvalue weighted by molar-refractivity contribution is 5.88. The molecule has 1 aromatic rings. The molecule has 12 nitrogen and oxygen atoms in total. The zero-order valence-corrected chi connectivity index (χ0v) is 21.1. The molecule has 6 atom stereocenters. The molecule has 1 aromatic carbocycles. The average molecular weight is 532 g/mol. The van der Waals surface area contributed by atoms with Crippen LogP contribution in [0, 0.1) is 0 Å². The van der Waals surface area contributed by atoms with Crippen LogP contribution in [0.25, 0.3) is 0 Å². The third kappa shape index (κ3) is 3.65. The molecule has 204 valence electrons. The van der Waals surface area contributed by atoms with E-state index in [2.05, 4.69) is 4.90 Å². The summed E-state index contributed by atoms with van der Waals surface area (Å²) in [5.41, 5.74) is -0.789. The minimum atomic E-state index is -2.15. The van der Waals surface area contributed by atoms with Crippen LogP contribution in [0.1, 0.15) is 44.2 Å². The highest BCUT2D eigenvalue weighted by Crippen LogP contribution is 2.64. The third-order valence-corrected chi connectivity index (χ3v) is 8.13. The summed E-state index contributed by atoms with van der Waals surface area (Å²) in [5, 5.41) is 32.5. The smallest absolute Gasteiger partial charge is 0.357 e. The fourth-order valence-corrected chi connectivity index (χ4v) is 6.70. The van der Waals surface area contributed by atoms with E-state index >= 15 is 0 Å². The molecule has 4 aliphatic rings. The number of hydrogen-bond acceptors (Lipinski definition) is 11. The Hall–Kier alpha value is -3.64. The Balaban J connectivity index is 1.56. The van der Waals surface area contributed by atoms with Crippen molar-refractivity contribution in [2.75, 3.05) is 13.6 Å². The maximum Gasteiger partial charge on any atom is 0.357 e. The van der Waals surface area contributed by atoms with E-state index in [0.717, 1.165) is 19.4 Å². The molecule has 2 heterocycles. The van der Waals surface area contributed by atoms with Crippen molar-refractivity contribution >= 4 is 23.9 Å². The van der Waals surface area contributed by atoms with E-state index in [9.17, 15) is 34.5 Å². The summed E-state index contributed by atoms with van der Waals surface area (Å²) in [6.07, 6.45) is -1.99. The molecule has 2 aliphatic carbocycles. The number of likely N-dealkylation sites (tertiary alicyclic amines) is 1. The van der Waals surface area contributed by atoms with Crippen molar-refractivity contribution in [3.8, 4) is 11.5 Å². The number of phenols is 1. The second-order valence-electron chi connectivity index (χ2n) is 10.3. The van der Waals surface area contributed by atoms with Gasteiger partial charge in [-0.1, -0.05) is 6.07 Å². The highest BCUT2D eigenvalue weighted by atomic mass is 16.6. The zero-order chi connectivity index (χ0) is 27.6. The number of carbonyl (C=O) groups is 4. The first-order valence-corrected chi connectivity index (χ1v) is 12.3. The summed E-state index contributed by atoms with van der Waals surface area (Å²) in [7, 11) is 1.95. The van der Waals surface area contributed by atoms with Crippen LogP contribution in [0.2, 0.25) is 0 Å². The van der Waals surface area contributed by atoms with E-state index in [1.54, 1.807) is 0 Å². The standard InChI is InChI=1S/C26H29NO11/c1-12(28)35-20(23(31)32)21(36-13(2)29)24(33)37-16-7-9-26(34)17-11-14-5-6-15(30)19-18(14)25(26,22(16)38-19)8-4-10-27(17)3/h5-7,17,20-22,30,34H,4,8-11H2,1-3H3,(H,31,32)/t17-,20+,21+,22+,25+,26-/m1/s1. The molecule has 1 fully saturated rings. The number of ether oxygens (including phenoxy) is 4. The topological polar surface area (TPSA) is 169 Å². The lowest BCUT2D eigenvalue weighted by Crippen LogP contribution is -2.69. The summed E-state index contributed by atoms with van der Waals surface area (Å²) in [5.74, 6) is -4.92. The Kier molecular flexibility index (Phi) is 6.14. The number of esters is 3. The van der Waals surface area contributed by atoms with Crippen molar-refractivity contribution < 1.29 is 53.4 Å². The fraction of sp³-hybridized carbons (Fsp3) is 0.538. The van der Waals surface area contributed by atoms with Gasteiger partial charge in [0, 0.05) is 31.9 Å². The molecule has 2 bridgehead atoms. The van der Waals surface area contributed by atoms with Gasteiger partial charge in [-0.15, -0.1) is 0 Å². The van der Waals surface area contributed by atoms with Gasteiger partial charge in [-0.05, 0) is 50.6 Å². The van der Waals surface area contributed by atoms with Gasteiger partial charge in [0.05, 0.1) is 11.0 Å². The number of carboxylic acids is 1. The molecule has 3 N–H and O–H groups in total. The van der Waals surface area contributed by atoms with E-state index in [4.69, 9.17) is 18.9 Å². The number of phenolic OH excluding ortho intramolecular Hbond substituents is 1. The van der Waals surface area contributed by atoms with Crippen molar-refractivity contribution in [2.24, 2.45) is 0 Å². The van der Waals surface area contributed by atoms with E-state index < -0.39 is 53.2 Å². The molecule has 1 saturated heterocycles. The first-order chi connectivity index (χ1) is 17.9. The molecule has 0 saturated carbocycles. The number of aliphatic carboxylic acids is 1. The number of benzene rings is 1. The molecule has 0 unspecified atom stereocenters. The van der Waals surface area contributed by atoms with Gasteiger partial charge in [-0.25, -0.2) is 9.59 Å². The average Bonchev–Trinajstić information content (AvgIpc) is 3.17. The van der Waals surface area contributed by atoms with Crippen LogP contribution in [0.15, 0.2) is 24.0 Å². The van der Waals surface area contributed by atoms with E-state index in [1.165, 1.54) is 12.1 Å². The lowest BCUT2D eigenvalue weighted by molar-refractivity contribution is -0.188. The van der Waals surface area contributed by atoms with Crippen molar-refractivity contribution in [3.63, 3.8) is 0 Å². The number of carbonyl (C=O) groups excluding carboxylic acids is 3. The van der Waals surface area contributed by atoms with Crippen LogP contribution in [-0.4, -0.2) is 87.6 Å². The van der Waals surface area contributed by atoms with E-state index in [1.807, 2.05) is 13.1 Å². The lowest BCUT2D eigenvalue weighted by Gasteiger charge is -2.56. The van der Waals surface area contributed by atoms with Crippen LogP contribution in [0.4, 0.5) is 0 Å². The minimum Gasteiger partial charge on any atom is -0.504 e. The van der Waals surface area contributed by atoms with Gasteiger partial charge in [0.25, 0.3) is 0 Å². The van der Waals surface area contributed by atoms with Gasteiger partial charge < -0.3 is 39.2 Å². The first-order valence-electron chi connectivity index (χ1n) is 12.3. The second-order valence-corrected chi connectivity index (χ2v) is 10.3. The maximum absolute atomic E-state index is 13.3. The van der Waals surface area contributed by atoms with E-state index in [-0.39, 0.29) is 29.7 Å². The predicted octanol–water partition coefficient (Wildman–Crippen LogP) is 0.551. The number of nitrogens with zero attached hydrogens (tertiary/aromatic N) is 1. The van der Waals surface area contributed by atoms with Crippen LogP contribution < -0.4 is 4.74 Å². The molecular formula is C26H29NO11. The molecule has 2 aliphatic heterocycles. The fourth-order valence-electron chi connectivity index (χ4n) is 6.70. The SMILES string of the molecule is CC(=O)O[C@H](C(=O)O)[C@H](OC(C)=O)C(=O)OC1=CC[C@@]2(O)[C@H]3Cc4ccc(O)c5c4[C@@]2(CCCN3C)[C@H]1O5. The van der Waals surface area contributed by atoms with Crippen molar-refractivity contribution in [2.45, 2.75) is 74.9 Å². The number of hydrogen-bond donors (Lipinski definition) is 3. The van der Waals surface area contributed by atoms with Gasteiger partial charge in [0.1, 0.15) is 5.76 Å². The molecule has 38 heavy (non-hydrogen) atoms. The molecule has 0 aromatic heterocycles.